The monoisotopic (exact) mass is 603 g/mol. The molecule has 2 aliphatic carbocycles. The Morgan fingerprint density at radius 3 is 2.58 bits per heavy atom. The number of nitrogens with zero attached hydrogens (tertiary/aromatic N) is 5. The van der Waals surface area contributed by atoms with E-state index < -0.39 is 0 Å². The third-order valence-electron chi connectivity index (χ3n) is 9.98. The van der Waals surface area contributed by atoms with Gasteiger partial charge in [-0.15, -0.1) is 0 Å². The number of carbonyl (C=O) groups excluding carboxylic acids is 2. The number of anilines is 1. The molecule has 3 atom stereocenters. The quantitative estimate of drug-likeness (QED) is 0.264. The number of amides is 2. The molecule has 45 heavy (non-hydrogen) atoms. The highest BCUT2D eigenvalue weighted by molar-refractivity contribution is 6.01. The van der Waals surface area contributed by atoms with Crippen molar-refractivity contribution in [1.29, 1.82) is 0 Å². The van der Waals surface area contributed by atoms with Gasteiger partial charge < -0.3 is 29.8 Å². The van der Waals surface area contributed by atoms with Gasteiger partial charge in [-0.1, -0.05) is 12.1 Å². The minimum Gasteiger partial charge on any atom is -0.494 e. The lowest BCUT2D eigenvalue weighted by atomic mass is 10.1. The molecule has 3 N–H and O–H groups in total. The van der Waals surface area contributed by atoms with E-state index >= 15 is 0 Å². The summed E-state index contributed by atoms with van der Waals surface area (Å²) in [5.41, 5.74) is 12.3. The van der Waals surface area contributed by atoms with Crippen molar-refractivity contribution in [3.05, 3.63) is 72.1 Å². The smallest absolute Gasteiger partial charge is 0.254 e. The lowest BCUT2D eigenvalue weighted by Gasteiger charge is -2.27. The van der Waals surface area contributed by atoms with Gasteiger partial charge in [-0.05, 0) is 79.5 Å². The highest BCUT2D eigenvalue weighted by Crippen LogP contribution is 2.40. The number of aryl methyl sites for hydroxylation is 1. The van der Waals surface area contributed by atoms with E-state index in [9.17, 15) is 9.59 Å². The summed E-state index contributed by atoms with van der Waals surface area (Å²) < 4.78 is 10.3. The lowest BCUT2D eigenvalue weighted by molar-refractivity contribution is -0.115. The number of hydrogen-bond donors (Lipinski definition) is 2. The first kappa shape index (κ1) is 27.8. The molecular weight excluding hydrogens is 566 g/mol. The summed E-state index contributed by atoms with van der Waals surface area (Å²) in [4.78, 5) is 37.6. The van der Waals surface area contributed by atoms with Gasteiger partial charge in [0, 0.05) is 66.8 Å². The second-order valence-corrected chi connectivity index (χ2v) is 12.9. The van der Waals surface area contributed by atoms with Crippen molar-refractivity contribution < 1.29 is 14.3 Å². The largest absolute Gasteiger partial charge is 0.494 e. The molecule has 2 amide bonds. The third kappa shape index (κ3) is 4.84. The first-order valence-electron chi connectivity index (χ1n) is 15.8. The Hall–Kier alpha value is -4.70. The summed E-state index contributed by atoms with van der Waals surface area (Å²) in [7, 11) is 3.64. The van der Waals surface area contributed by atoms with E-state index in [-0.39, 0.29) is 30.3 Å². The minimum atomic E-state index is -0.0717. The van der Waals surface area contributed by atoms with Crippen molar-refractivity contribution in [2.75, 3.05) is 19.0 Å². The molecule has 0 spiro atoms. The Kier molecular flexibility index (Phi) is 6.63. The van der Waals surface area contributed by atoms with Crippen LogP contribution in [0.15, 0.2) is 60.9 Å². The number of likely N-dealkylation sites (tertiary alicyclic amines) is 1. The average molecular weight is 604 g/mol. The number of pyridine rings is 1. The van der Waals surface area contributed by atoms with Gasteiger partial charge in [-0.2, -0.15) is 0 Å². The topological polar surface area (TPSA) is 120 Å². The summed E-state index contributed by atoms with van der Waals surface area (Å²) in [6, 6.07) is 15.9. The fourth-order valence-corrected chi connectivity index (χ4v) is 7.44. The maximum atomic E-state index is 13.7. The molecule has 2 saturated carbocycles. The zero-order valence-corrected chi connectivity index (χ0v) is 25.6. The van der Waals surface area contributed by atoms with Gasteiger partial charge >= 0.3 is 0 Å². The zero-order chi connectivity index (χ0) is 30.8. The van der Waals surface area contributed by atoms with Crippen LogP contribution in [0.25, 0.3) is 33.5 Å². The molecule has 1 aliphatic heterocycles. The van der Waals surface area contributed by atoms with E-state index in [4.69, 9.17) is 15.5 Å². The Labute approximate surface area is 261 Å². The van der Waals surface area contributed by atoms with E-state index in [2.05, 4.69) is 37.6 Å². The number of nitrogens with two attached hydrogens (primary N) is 1. The van der Waals surface area contributed by atoms with Crippen molar-refractivity contribution in [2.45, 2.75) is 50.7 Å². The molecule has 8 rings (SSSR count). The number of rotatable bonds is 8. The molecule has 5 aromatic rings. The summed E-state index contributed by atoms with van der Waals surface area (Å²) in [5.74, 6) is 2.36. The van der Waals surface area contributed by atoms with Crippen LogP contribution in [0.4, 0.5) is 5.69 Å². The number of nitrogens with one attached hydrogen (secondary N) is 1. The van der Waals surface area contributed by atoms with Crippen molar-refractivity contribution >= 4 is 39.4 Å². The Bertz CT molecular complexity index is 1960. The maximum Gasteiger partial charge on any atom is 0.254 e. The van der Waals surface area contributed by atoms with Gasteiger partial charge in [-0.25, -0.2) is 4.98 Å². The van der Waals surface area contributed by atoms with Crippen LogP contribution >= 0.6 is 0 Å². The predicted molar refractivity (Wildman–Crippen MR) is 173 cm³/mol. The average Bonchev–Trinajstić information content (AvgIpc) is 3.45. The molecule has 3 aliphatic rings. The highest BCUT2D eigenvalue weighted by Gasteiger charge is 2.47. The minimum absolute atomic E-state index is 0.00611. The number of imidazole rings is 1. The van der Waals surface area contributed by atoms with Crippen LogP contribution in [-0.4, -0.2) is 61.6 Å². The number of ether oxygens (including phenoxy) is 1. The van der Waals surface area contributed by atoms with Gasteiger partial charge in [-0.3, -0.25) is 14.6 Å². The Balaban J connectivity index is 1.16. The molecule has 3 fully saturated rings. The van der Waals surface area contributed by atoms with E-state index in [1.54, 1.807) is 31.6 Å². The van der Waals surface area contributed by atoms with Crippen LogP contribution < -0.4 is 15.8 Å². The fourth-order valence-electron chi connectivity index (χ4n) is 7.44. The van der Waals surface area contributed by atoms with Crippen LogP contribution in [0.3, 0.4) is 0 Å². The molecule has 2 aromatic carbocycles. The standard InChI is InChI=1S/C35H37N7O3/c1-40-33-26(15-24(17-30(33)45-2)35(44)42-19-23-7-8-27(42)32(23)36)39-34(40)29-16-22-6-5-21(13-28(22)41(29)18-20-3-4-20)14-31(43)38-25-9-11-37-12-10-25/h5-6,9-13,15-17,20,23,27,32H,3-4,7-8,14,18-19,36H2,1-2H3,(H,37,38,43)/t23-,27-,32-/m1/s1. The van der Waals surface area contributed by atoms with Crippen molar-refractivity contribution in [3.8, 4) is 17.3 Å². The zero-order valence-electron chi connectivity index (χ0n) is 25.6. The normalized spacial score (nSPS) is 20.8. The molecule has 230 valence electrons. The lowest BCUT2D eigenvalue weighted by Crippen LogP contribution is -2.41. The molecule has 3 aromatic heterocycles. The number of carbonyl (C=O) groups is 2. The van der Waals surface area contributed by atoms with Gasteiger partial charge in [0.15, 0.2) is 5.82 Å². The predicted octanol–water partition coefficient (Wildman–Crippen LogP) is 4.75. The van der Waals surface area contributed by atoms with Crippen molar-refractivity contribution in [2.24, 2.45) is 24.6 Å². The summed E-state index contributed by atoms with van der Waals surface area (Å²) >= 11 is 0. The first-order valence-corrected chi connectivity index (χ1v) is 15.8. The number of methoxy groups -OCH3 is 1. The Morgan fingerprint density at radius 2 is 1.87 bits per heavy atom. The number of hydrogen-bond acceptors (Lipinski definition) is 6. The molecule has 10 heteroatoms. The number of piperidine rings is 1. The van der Waals surface area contributed by atoms with E-state index in [0.717, 1.165) is 64.1 Å². The molecular formula is C35H37N7O3. The van der Waals surface area contributed by atoms with Crippen LogP contribution in [0, 0.1) is 11.8 Å². The van der Waals surface area contributed by atoms with Crippen LogP contribution in [0.1, 0.15) is 41.6 Å². The summed E-state index contributed by atoms with van der Waals surface area (Å²) in [6.07, 6.45) is 8.07. The number of fused-ring (bicyclic) bond motifs is 4. The number of benzene rings is 2. The van der Waals surface area contributed by atoms with E-state index in [1.807, 2.05) is 30.1 Å². The van der Waals surface area contributed by atoms with Crippen LogP contribution in [-0.2, 0) is 24.8 Å². The SMILES string of the molecule is COc1cc(C(=O)N2C[C@H]3CC[C@@H]2[C@@H]3N)cc2nc(-c3cc4ccc(CC(=O)Nc5ccncc5)cc4n3CC3CC3)n(C)c12. The maximum absolute atomic E-state index is 13.7. The van der Waals surface area contributed by atoms with Crippen molar-refractivity contribution in [3.63, 3.8) is 0 Å². The van der Waals surface area contributed by atoms with Crippen LogP contribution in [0.5, 0.6) is 5.75 Å². The molecule has 0 radical (unpaired) electrons. The van der Waals surface area contributed by atoms with Crippen LogP contribution in [0.2, 0.25) is 0 Å². The van der Waals surface area contributed by atoms with Crippen molar-refractivity contribution in [1.82, 2.24) is 24.0 Å². The van der Waals surface area contributed by atoms with E-state index in [1.165, 1.54) is 12.8 Å². The molecule has 2 bridgehead atoms. The van der Waals surface area contributed by atoms with E-state index in [0.29, 0.717) is 29.7 Å². The van der Waals surface area contributed by atoms with Gasteiger partial charge in [0.05, 0.1) is 24.7 Å². The second-order valence-electron chi connectivity index (χ2n) is 12.9. The number of aromatic nitrogens is 4. The summed E-state index contributed by atoms with van der Waals surface area (Å²) in [5, 5.41) is 4.05. The first-order chi connectivity index (χ1) is 21.9. The van der Waals surface area contributed by atoms with Gasteiger partial charge in [0.2, 0.25) is 5.91 Å². The highest BCUT2D eigenvalue weighted by atomic mass is 16.5. The third-order valence-corrected chi connectivity index (χ3v) is 9.98. The molecule has 4 heterocycles. The molecule has 1 saturated heterocycles. The van der Waals surface area contributed by atoms with Gasteiger partial charge in [0.25, 0.3) is 5.91 Å². The van der Waals surface area contributed by atoms with Gasteiger partial charge in [0.1, 0.15) is 11.3 Å². The fraction of sp³-hybridized carbons (Fsp3) is 0.371. The molecule has 0 unspecified atom stereocenters. The Morgan fingerprint density at radius 1 is 1.04 bits per heavy atom. The second kappa shape index (κ2) is 10.7. The molecule has 10 nitrogen and oxygen atoms in total. The summed E-state index contributed by atoms with van der Waals surface area (Å²) in [6.45, 7) is 1.60.